The van der Waals surface area contributed by atoms with Crippen molar-refractivity contribution in [3.8, 4) is 0 Å². The van der Waals surface area contributed by atoms with Gasteiger partial charge in [0.1, 0.15) is 11.5 Å². The molecule has 0 radical (unpaired) electrons. The second kappa shape index (κ2) is 6.55. The Kier molecular flexibility index (Phi) is 4.36. The number of nitrogens with one attached hydrogen (secondary N) is 1. The van der Waals surface area contributed by atoms with Crippen LogP contribution in [0.5, 0.6) is 0 Å². The largest absolute Gasteiger partial charge is 0.379 e. The van der Waals surface area contributed by atoms with Gasteiger partial charge in [0.2, 0.25) is 0 Å². The van der Waals surface area contributed by atoms with Gasteiger partial charge in [-0.05, 0) is 36.2 Å². The molecule has 1 aromatic heterocycles. The molecule has 0 spiro atoms. The third-order valence-electron chi connectivity index (χ3n) is 4.78. The molecule has 1 aliphatic carbocycles. The normalized spacial score (nSPS) is 26.7. The summed E-state index contributed by atoms with van der Waals surface area (Å²) in [5, 5.41) is 4.06. The Morgan fingerprint density at radius 3 is 2.88 bits per heavy atom. The molecule has 134 valence electrons. The van der Waals surface area contributed by atoms with E-state index in [1.807, 2.05) is 0 Å². The summed E-state index contributed by atoms with van der Waals surface area (Å²) in [6.45, 7) is 2.12. The van der Waals surface area contributed by atoms with Crippen molar-refractivity contribution in [3.63, 3.8) is 0 Å². The maximum absolute atomic E-state index is 14.4. The van der Waals surface area contributed by atoms with E-state index < -0.39 is 0 Å². The Hall–Kier alpha value is -2.12. The number of fused-ring (bicyclic) bond motifs is 1. The first-order valence-electron chi connectivity index (χ1n) is 8.16. The van der Waals surface area contributed by atoms with Crippen LogP contribution in [0.15, 0.2) is 41.5 Å². The van der Waals surface area contributed by atoms with Crippen molar-refractivity contribution in [1.82, 2.24) is 4.98 Å². The first-order valence-corrected chi connectivity index (χ1v) is 9.42. The predicted molar refractivity (Wildman–Crippen MR) is 102 cm³/mol. The number of pyridine rings is 1. The first kappa shape index (κ1) is 17.3. The predicted octanol–water partition coefficient (Wildman–Crippen LogP) is 3.86. The smallest absolute Gasteiger partial charge is 0.274 e. The number of anilines is 1. The fourth-order valence-electron chi connectivity index (χ4n) is 3.33. The minimum absolute atomic E-state index is 0.229. The Morgan fingerprint density at radius 1 is 1.35 bits per heavy atom. The zero-order valence-electron chi connectivity index (χ0n) is 13.8. The number of benzene rings is 1. The van der Waals surface area contributed by atoms with Gasteiger partial charge in [0.15, 0.2) is 5.17 Å². The van der Waals surface area contributed by atoms with Crippen LogP contribution in [0.1, 0.15) is 29.0 Å². The molecule has 5 nitrogen and oxygen atoms in total. The second-order valence-corrected chi connectivity index (χ2v) is 8.12. The topological polar surface area (TPSA) is 80.4 Å². The molecule has 1 amide bonds. The summed E-state index contributed by atoms with van der Waals surface area (Å²) in [6.07, 6.45) is 1.40. The average molecular weight is 391 g/mol. The van der Waals surface area contributed by atoms with E-state index in [0.717, 1.165) is 0 Å². The lowest BCUT2D eigenvalue weighted by atomic mass is 10.0. The minimum atomic E-state index is -0.390. The molecule has 1 aromatic carbocycles. The molecule has 8 heteroatoms. The Morgan fingerprint density at radius 2 is 2.15 bits per heavy atom. The maximum Gasteiger partial charge on any atom is 0.274 e. The van der Waals surface area contributed by atoms with Gasteiger partial charge in [0.25, 0.3) is 5.91 Å². The number of halogens is 2. The zero-order chi connectivity index (χ0) is 18.4. The fourth-order valence-corrected chi connectivity index (χ4v) is 4.76. The van der Waals surface area contributed by atoms with Gasteiger partial charge in [-0.3, -0.25) is 9.79 Å². The van der Waals surface area contributed by atoms with Crippen LogP contribution in [0.3, 0.4) is 0 Å². The number of nitrogens with zero attached hydrogens (tertiary/aromatic N) is 2. The molecule has 1 saturated carbocycles. The molecule has 0 bridgehead atoms. The van der Waals surface area contributed by atoms with E-state index >= 15 is 0 Å². The zero-order valence-corrected chi connectivity index (χ0v) is 15.4. The third-order valence-corrected chi connectivity index (χ3v) is 6.37. The minimum Gasteiger partial charge on any atom is -0.379 e. The molecule has 1 aliphatic heterocycles. The number of nitrogens with two attached hydrogens (primary N) is 1. The summed E-state index contributed by atoms with van der Waals surface area (Å²) in [7, 11) is 0. The van der Waals surface area contributed by atoms with E-state index in [-0.39, 0.29) is 29.4 Å². The molecule has 4 atom stereocenters. The molecule has 26 heavy (non-hydrogen) atoms. The van der Waals surface area contributed by atoms with Crippen molar-refractivity contribution in [2.45, 2.75) is 18.2 Å². The molecular weight excluding hydrogens is 375 g/mol. The quantitative estimate of drug-likeness (QED) is 0.833. The van der Waals surface area contributed by atoms with Crippen molar-refractivity contribution in [2.24, 2.45) is 22.6 Å². The van der Waals surface area contributed by atoms with Crippen molar-refractivity contribution in [2.75, 3.05) is 5.32 Å². The third kappa shape index (κ3) is 3.17. The summed E-state index contributed by atoms with van der Waals surface area (Å²) in [6, 6.07) is 7.29. The molecular formula is C18H16ClFN4OS. The van der Waals surface area contributed by atoms with Gasteiger partial charge in [-0.25, -0.2) is 9.37 Å². The van der Waals surface area contributed by atoms with Gasteiger partial charge in [-0.15, -0.1) is 0 Å². The number of thioether (sulfide) groups is 1. The van der Waals surface area contributed by atoms with E-state index in [1.54, 1.807) is 23.9 Å². The highest BCUT2D eigenvalue weighted by atomic mass is 35.5. The van der Waals surface area contributed by atoms with Crippen LogP contribution in [0, 0.1) is 17.7 Å². The highest BCUT2D eigenvalue weighted by Gasteiger charge is 2.55. The van der Waals surface area contributed by atoms with E-state index in [9.17, 15) is 9.18 Å². The van der Waals surface area contributed by atoms with E-state index in [0.29, 0.717) is 32.6 Å². The Labute approximate surface area is 159 Å². The number of hydrogen-bond donors (Lipinski definition) is 2. The summed E-state index contributed by atoms with van der Waals surface area (Å²) in [5.74, 6) is -0.0329. The molecule has 1 fully saturated rings. The molecule has 3 N–H and O–H groups in total. The van der Waals surface area contributed by atoms with Crippen LogP contribution in [-0.4, -0.2) is 21.3 Å². The highest BCUT2D eigenvalue weighted by molar-refractivity contribution is 8.14. The van der Waals surface area contributed by atoms with Crippen molar-refractivity contribution in [3.05, 3.63) is 58.6 Å². The molecule has 2 heterocycles. The molecule has 0 saturated heterocycles. The second-order valence-electron chi connectivity index (χ2n) is 6.48. The van der Waals surface area contributed by atoms with Crippen LogP contribution in [-0.2, 0) is 0 Å². The summed E-state index contributed by atoms with van der Waals surface area (Å²) >= 11 is 7.34. The number of amides is 1. The molecule has 4 rings (SSSR count). The number of aromatic nitrogens is 1. The first-order chi connectivity index (χ1) is 12.4. The maximum atomic E-state index is 14.4. The van der Waals surface area contributed by atoms with Crippen molar-refractivity contribution >= 4 is 40.1 Å². The lowest BCUT2D eigenvalue weighted by Crippen LogP contribution is -2.18. The number of rotatable bonds is 3. The number of carbonyl (C=O) groups excluding carboxylic acids is 1. The van der Waals surface area contributed by atoms with Gasteiger partial charge in [0.05, 0.1) is 11.1 Å². The van der Waals surface area contributed by atoms with Gasteiger partial charge >= 0.3 is 0 Å². The van der Waals surface area contributed by atoms with Crippen LogP contribution >= 0.6 is 23.4 Å². The van der Waals surface area contributed by atoms with Crippen LogP contribution in [0.25, 0.3) is 0 Å². The highest BCUT2D eigenvalue weighted by Crippen LogP contribution is 2.58. The fraction of sp³-hybridized carbons (Fsp3) is 0.278. The standard InChI is InChI=1S/C18H16ClFN4OS/c1-8-14-15(24-18(21)26-16(8)14)11-6-10(3-4-12(11)20)23-17(25)13-5-2-9(19)7-22-13/h2-8,14-16H,1H3,(H2,21,24)(H,23,25). The van der Waals surface area contributed by atoms with Crippen LogP contribution < -0.4 is 11.1 Å². The van der Waals surface area contributed by atoms with Crippen LogP contribution in [0.2, 0.25) is 5.02 Å². The summed E-state index contributed by atoms with van der Waals surface area (Å²) in [4.78, 5) is 20.7. The lowest BCUT2D eigenvalue weighted by Gasteiger charge is -2.19. The summed E-state index contributed by atoms with van der Waals surface area (Å²) in [5.41, 5.74) is 7.07. The number of hydrogen-bond acceptors (Lipinski definition) is 5. The average Bonchev–Trinajstić information content (AvgIpc) is 3.26. The number of amidine groups is 1. The van der Waals surface area contributed by atoms with Gasteiger partial charge in [-0.1, -0.05) is 30.3 Å². The molecule has 2 aromatic rings. The number of carbonyl (C=O) groups is 1. The van der Waals surface area contributed by atoms with Crippen molar-refractivity contribution < 1.29 is 9.18 Å². The Bertz CT molecular complexity index is 905. The SMILES string of the molecule is CC1C2SC(N)=NC(c3cc(NC(=O)c4ccc(Cl)cn4)ccc3F)C12. The lowest BCUT2D eigenvalue weighted by molar-refractivity contribution is 0.102. The molecule has 4 unspecified atom stereocenters. The van der Waals surface area contributed by atoms with Gasteiger partial charge < -0.3 is 11.1 Å². The Balaban J connectivity index is 1.59. The number of aliphatic imine (C=N–C) groups is 1. The van der Waals surface area contributed by atoms with E-state index in [2.05, 4.69) is 22.2 Å². The van der Waals surface area contributed by atoms with E-state index in [4.69, 9.17) is 17.3 Å². The van der Waals surface area contributed by atoms with Gasteiger partial charge in [0, 0.05) is 28.6 Å². The van der Waals surface area contributed by atoms with Crippen LogP contribution in [0.4, 0.5) is 10.1 Å². The summed E-state index contributed by atoms with van der Waals surface area (Å²) < 4.78 is 14.4. The monoisotopic (exact) mass is 390 g/mol. The van der Waals surface area contributed by atoms with Gasteiger partial charge in [-0.2, -0.15) is 0 Å². The molecule has 2 aliphatic rings. The van der Waals surface area contributed by atoms with Crippen molar-refractivity contribution in [1.29, 1.82) is 0 Å². The van der Waals surface area contributed by atoms with E-state index in [1.165, 1.54) is 24.4 Å².